The first-order valence-electron chi connectivity index (χ1n) is 10.8. The van der Waals surface area contributed by atoms with Crippen molar-refractivity contribution in [3.8, 4) is 0 Å². The number of halogens is 12. The SMILES string of the molecule is CCC(=O)NCc1ccc(C2CC(c3cc(C(F)(F)F)nc(C(F)(F)F)c3)(C(F)(F)F)C=N2)nc1C(F)(F)F. The third-order valence-electron chi connectivity index (χ3n) is 5.82. The second-order valence-electron chi connectivity index (χ2n) is 8.46. The smallest absolute Gasteiger partial charge is 0.352 e. The molecule has 0 saturated carbocycles. The van der Waals surface area contributed by atoms with Gasteiger partial charge in [0.05, 0.1) is 11.7 Å². The summed E-state index contributed by atoms with van der Waals surface area (Å²) in [7, 11) is 0. The van der Waals surface area contributed by atoms with Gasteiger partial charge in [0.1, 0.15) is 22.5 Å². The molecule has 0 aliphatic carbocycles. The Morgan fingerprint density at radius 2 is 1.46 bits per heavy atom. The van der Waals surface area contributed by atoms with Crippen LogP contribution in [0.1, 0.15) is 59.7 Å². The number of nitrogens with one attached hydrogen (secondary N) is 1. The van der Waals surface area contributed by atoms with Gasteiger partial charge < -0.3 is 5.32 Å². The van der Waals surface area contributed by atoms with Gasteiger partial charge in [0, 0.05) is 24.7 Å². The fourth-order valence-electron chi connectivity index (χ4n) is 3.83. The van der Waals surface area contributed by atoms with E-state index in [1.807, 2.05) is 0 Å². The summed E-state index contributed by atoms with van der Waals surface area (Å²) in [6.07, 6.45) is -23.1. The molecule has 2 aromatic heterocycles. The van der Waals surface area contributed by atoms with Gasteiger partial charge in [-0.1, -0.05) is 13.0 Å². The predicted molar refractivity (Wildman–Crippen MR) is 109 cm³/mol. The highest BCUT2D eigenvalue weighted by atomic mass is 19.4. The highest BCUT2D eigenvalue weighted by molar-refractivity contribution is 5.78. The van der Waals surface area contributed by atoms with E-state index in [0.717, 1.165) is 12.1 Å². The maximum Gasteiger partial charge on any atom is 0.433 e. The van der Waals surface area contributed by atoms with E-state index in [1.54, 1.807) is 0 Å². The van der Waals surface area contributed by atoms with Crippen LogP contribution in [0.4, 0.5) is 52.7 Å². The van der Waals surface area contributed by atoms with Gasteiger partial charge >= 0.3 is 24.7 Å². The maximum atomic E-state index is 14.3. The molecule has 3 heterocycles. The standard InChI is InChI=1S/C22H16F12N4O/c1-2-16(39)35-8-10-3-4-12(37-17(10)21(29,30)31)13-7-18(9-36-13,22(32,33)34)11-5-14(19(23,24)25)38-15(6-11)20(26,27)28/h3-6,9,13H,2,7-8H2,1H3,(H,35,39). The van der Waals surface area contributed by atoms with Crippen LogP contribution in [0.2, 0.25) is 0 Å². The molecule has 3 rings (SSSR count). The molecule has 0 saturated heterocycles. The average Bonchev–Trinajstić information content (AvgIpc) is 3.27. The number of hydrogen-bond donors (Lipinski definition) is 1. The van der Waals surface area contributed by atoms with Crippen molar-refractivity contribution in [2.24, 2.45) is 4.99 Å². The van der Waals surface area contributed by atoms with Gasteiger partial charge in [0.25, 0.3) is 0 Å². The van der Waals surface area contributed by atoms with Gasteiger partial charge in [-0.25, -0.2) is 9.97 Å². The van der Waals surface area contributed by atoms with E-state index in [4.69, 9.17) is 0 Å². The van der Waals surface area contributed by atoms with Crippen LogP contribution in [0.25, 0.3) is 0 Å². The van der Waals surface area contributed by atoms with Crippen LogP contribution in [0, 0.1) is 0 Å². The summed E-state index contributed by atoms with van der Waals surface area (Å²) in [5.41, 5.74) is -12.3. The zero-order valence-corrected chi connectivity index (χ0v) is 19.4. The fourth-order valence-corrected chi connectivity index (χ4v) is 3.83. The van der Waals surface area contributed by atoms with Crippen molar-refractivity contribution >= 4 is 12.1 Å². The van der Waals surface area contributed by atoms with Crippen LogP contribution in [-0.2, 0) is 35.3 Å². The van der Waals surface area contributed by atoms with Crippen LogP contribution in [-0.4, -0.2) is 28.3 Å². The molecule has 1 aliphatic rings. The monoisotopic (exact) mass is 580 g/mol. The third-order valence-corrected chi connectivity index (χ3v) is 5.82. The van der Waals surface area contributed by atoms with Gasteiger partial charge in [-0.3, -0.25) is 9.79 Å². The lowest BCUT2D eigenvalue weighted by Crippen LogP contribution is -2.43. The van der Waals surface area contributed by atoms with E-state index in [-0.39, 0.29) is 24.8 Å². The van der Waals surface area contributed by atoms with Gasteiger partial charge in [-0.05, 0) is 30.2 Å². The third kappa shape index (κ3) is 6.27. The van der Waals surface area contributed by atoms with Gasteiger partial charge in [-0.15, -0.1) is 0 Å². The molecule has 0 aromatic carbocycles. The van der Waals surface area contributed by atoms with E-state index in [9.17, 15) is 57.5 Å². The normalized spacial score (nSPS) is 20.4. The first-order chi connectivity index (χ1) is 17.7. The largest absolute Gasteiger partial charge is 0.433 e. The van der Waals surface area contributed by atoms with E-state index in [2.05, 4.69) is 20.3 Å². The molecule has 0 bridgehead atoms. The van der Waals surface area contributed by atoms with Gasteiger partial charge in [0.15, 0.2) is 0 Å². The molecule has 2 atom stereocenters. The molecule has 0 radical (unpaired) electrons. The van der Waals surface area contributed by atoms with Crippen LogP contribution in [0.15, 0.2) is 29.3 Å². The summed E-state index contributed by atoms with van der Waals surface area (Å²) in [5.74, 6) is -0.601. The summed E-state index contributed by atoms with van der Waals surface area (Å²) >= 11 is 0. The summed E-state index contributed by atoms with van der Waals surface area (Å²) < 4.78 is 163. The number of aliphatic imine (C=N–C) groups is 1. The average molecular weight is 580 g/mol. The molecule has 1 amide bonds. The van der Waals surface area contributed by atoms with Gasteiger partial charge in [0.2, 0.25) is 5.91 Å². The molecule has 214 valence electrons. The van der Waals surface area contributed by atoms with Crippen molar-refractivity contribution in [1.82, 2.24) is 15.3 Å². The van der Waals surface area contributed by atoms with Crippen molar-refractivity contribution < 1.29 is 57.5 Å². The molecule has 2 unspecified atom stereocenters. The number of carbonyl (C=O) groups is 1. The number of nitrogens with zero attached hydrogens (tertiary/aromatic N) is 3. The van der Waals surface area contributed by atoms with Crippen molar-refractivity contribution in [2.45, 2.75) is 62.5 Å². The summed E-state index contributed by atoms with van der Waals surface area (Å²) in [5, 5.41) is 2.19. The first-order valence-corrected chi connectivity index (χ1v) is 10.8. The quantitative estimate of drug-likeness (QED) is 0.407. The van der Waals surface area contributed by atoms with Gasteiger partial charge in [-0.2, -0.15) is 52.7 Å². The highest BCUT2D eigenvalue weighted by Crippen LogP contribution is 2.51. The first kappa shape index (κ1) is 30.1. The van der Waals surface area contributed by atoms with Crippen LogP contribution in [0.5, 0.6) is 0 Å². The molecule has 0 fully saturated rings. The lowest BCUT2D eigenvalue weighted by Gasteiger charge is -2.31. The molecule has 2 aromatic rings. The van der Waals surface area contributed by atoms with Crippen molar-refractivity contribution in [3.05, 3.63) is 58.2 Å². The number of hydrogen-bond acceptors (Lipinski definition) is 4. The fraction of sp³-hybridized carbons (Fsp3) is 0.455. The molecule has 0 spiro atoms. The van der Waals surface area contributed by atoms with Crippen molar-refractivity contribution in [2.75, 3.05) is 0 Å². The molecule has 1 N–H and O–H groups in total. The van der Waals surface area contributed by atoms with Crippen molar-refractivity contribution in [1.29, 1.82) is 0 Å². The second-order valence-corrected chi connectivity index (χ2v) is 8.46. The Morgan fingerprint density at radius 3 is 1.92 bits per heavy atom. The maximum absolute atomic E-state index is 14.3. The topological polar surface area (TPSA) is 67.2 Å². The molecule has 17 heteroatoms. The second kappa shape index (κ2) is 9.97. The predicted octanol–water partition coefficient (Wildman–Crippen LogP) is 6.58. The van der Waals surface area contributed by atoms with E-state index >= 15 is 0 Å². The van der Waals surface area contributed by atoms with E-state index in [0.29, 0.717) is 0 Å². The highest BCUT2D eigenvalue weighted by Gasteiger charge is 2.59. The lowest BCUT2D eigenvalue weighted by atomic mass is 9.77. The Hall–Kier alpha value is -3.40. The van der Waals surface area contributed by atoms with E-state index < -0.39 is 88.9 Å². The molecular formula is C22H16F12N4O. The summed E-state index contributed by atoms with van der Waals surface area (Å²) in [6, 6.07) is -0.508. The van der Waals surface area contributed by atoms with Crippen LogP contribution < -0.4 is 5.32 Å². The Morgan fingerprint density at radius 1 is 0.897 bits per heavy atom. The summed E-state index contributed by atoms with van der Waals surface area (Å²) in [4.78, 5) is 20.7. The van der Waals surface area contributed by atoms with Crippen LogP contribution >= 0.6 is 0 Å². The van der Waals surface area contributed by atoms with E-state index in [1.165, 1.54) is 6.92 Å². The Labute approximate surface area is 211 Å². The Balaban J connectivity index is 2.10. The number of rotatable bonds is 5. The number of carbonyl (C=O) groups excluding carboxylic acids is 1. The number of aromatic nitrogens is 2. The molecular weight excluding hydrogens is 564 g/mol. The van der Waals surface area contributed by atoms with Crippen LogP contribution in [0.3, 0.4) is 0 Å². The molecule has 39 heavy (non-hydrogen) atoms. The number of amides is 1. The Kier molecular flexibility index (Phi) is 7.70. The Bertz CT molecular complexity index is 1230. The minimum atomic E-state index is -5.55. The summed E-state index contributed by atoms with van der Waals surface area (Å²) in [6.45, 7) is 0.817. The number of alkyl halides is 12. The minimum Gasteiger partial charge on any atom is -0.352 e. The van der Waals surface area contributed by atoms with Crippen molar-refractivity contribution in [3.63, 3.8) is 0 Å². The zero-order chi connectivity index (χ0) is 29.6. The number of pyridine rings is 2. The molecule has 5 nitrogen and oxygen atoms in total. The zero-order valence-electron chi connectivity index (χ0n) is 19.4. The lowest BCUT2D eigenvalue weighted by molar-refractivity contribution is -0.170. The molecule has 1 aliphatic heterocycles. The minimum absolute atomic E-state index is 0.0513.